The second kappa shape index (κ2) is 8.54. The normalized spacial score (nSPS) is 17.5. The zero-order chi connectivity index (χ0) is 23.8. The first-order chi connectivity index (χ1) is 15.5. The molecule has 3 N–H and O–H groups in total. The molecule has 3 aromatic rings. The third-order valence-electron chi connectivity index (χ3n) is 5.53. The number of nitrogens with zero attached hydrogens (tertiary/aromatic N) is 6. The zero-order valence-electron chi connectivity index (χ0n) is 19.8. The highest BCUT2D eigenvalue weighted by atomic mass is 19.1. The van der Waals surface area contributed by atoms with Crippen LogP contribution >= 0.6 is 0 Å². The highest BCUT2D eigenvalue weighted by Gasteiger charge is 2.38. The number of ether oxygens (including phenoxy) is 1. The number of methoxy groups -OCH3 is 1. The lowest BCUT2D eigenvalue weighted by molar-refractivity contribution is 0.170. The smallest absolute Gasteiger partial charge is 0.229 e. The van der Waals surface area contributed by atoms with Crippen LogP contribution in [0.15, 0.2) is 24.4 Å². The number of hydrogen-bond acceptors (Lipinski definition) is 9. The molecule has 10 nitrogen and oxygen atoms in total. The Labute approximate surface area is 192 Å². The van der Waals surface area contributed by atoms with Crippen LogP contribution < -0.4 is 20.7 Å². The van der Waals surface area contributed by atoms with Crippen molar-refractivity contribution >= 4 is 17.5 Å². The number of anilines is 3. The number of benzene rings is 1. The highest BCUT2D eigenvalue weighted by Crippen LogP contribution is 2.31. The third kappa shape index (κ3) is 5.36. The van der Waals surface area contributed by atoms with Gasteiger partial charge in [0.1, 0.15) is 5.75 Å². The van der Waals surface area contributed by atoms with E-state index in [9.17, 15) is 4.39 Å². The summed E-state index contributed by atoms with van der Waals surface area (Å²) in [6, 6.07) is 5.51. The molecular formula is C22H30FN9O. The summed E-state index contributed by atoms with van der Waals surface area (Å²) >= 11 is 0. The van der Waals surface area contributed by atoms with Crippen molar-refractivity contribution in [3.63, 3.8) is 0 Å². The largest absolute Gasteiger partial charge is 0.497 e. The van der Waals surface area contributed by atoms with Crippen LogP contribution in [0.4, 0.5) is 21.8 Å². The van der Waals surface area contributed by atoms with Gasteiger partial charge < -0.3 is 20.7 Å². The lowest BCUT2D eigenvalue weighted by Crippen LogP contribution is -2.60. The molecule has 1 aliphatic rings. The van der Waals surface area contributed by atoms with E-state index >= 15 is 0 Å². The summed E-state index contributed by atoms with van der Waals surface area (Å²) in [4.78, 5) is 8.52. The summed E-state index contributed by atoms with van der Waals surface area (Å²) in [6.07, 6.45) is 2.85. The molecule has 0 spiro atoms. The van der Waals surface area contributed by atoms with Crippen molar-refractivity contribution in [1.82, 2.24) is 35.5 Å². The Morgan fingerprint density at radius 2 is 1.88 bits per heavy atom. The first-order valence-electron chi connectivity index (χ1n) is 10.8. The van der Waals surface area contributed by atoms with Crippen LogP contribution in [0, 0.1) is 12.7 Å². The van der Waals surface area contributed by atoms with Crippen molar-refractivity contribution in [2.45, 2.75) is 64.6 Å². The Kier molecular flexibility index (Phi) is 5.91. The number of nitrogens with one attached hydrogen (secondary N) is 3. The maximum atomic E-state index is 14.6. The van der Waals surface area contributed by atoms with Gasteiger partial charge in [0, 0.05) is 34.9 Å². The summed E-state index contributed by atoms with van der Waals surface area (Å²) in [7, 11) is 1.58. The molecule has 3 heterocycles. The molecule has 0 radical (unpaired) electrons. The van der Waals surface area contributed by atoms with Gasteiger partial charge in [0.15, 0.2) is 17.5 Å². The van der Waals surface area contributed by atoms with Crippen LogP contribution in [0.3, 0.4) is 0 Å². The van der Waals surface area contributed by atoms with E-state index < -0.39 is 5.82 Å². The zero-order valence-corrected chi connectivity index (χ0v) is 19.8. The van der Waals surface area contributed by atoms with Gasteiger partial charge in [0.05, 0.1) is 19.0 Å². The van der Waals surface area contributed by atoms with Gasteiger partial charge in [0.25, 0.3) is 0 Å². The van der Waals surface area contributed by atoms with Crippen molar-refractivity contribution in [1.29, 1.82) is 0 Å². The van der Waals surface area contributed by atoms with Crippen LogP contribution in [0.25, 0.3) is 5.69 Å². The van der Waals surface area contributed by atoms with Gasteiger partial charge in [-0.25, -0.2) is 9.37 Å². The van der Waals surface area contributed by atoms with Gasteiger partial charge in [-0.3, -0.25) is 0 Å². The first-order valence-corrected chi connectivity index (χ1v) is 10.8. The molecular weight excluding hydrogens is 425 g/mol. The molecule has 1 aliphatic heterocycles. The van der Waals surface area contributed by atoms with Gasteiger partial charge in [-0.15, -0.1) is 5.10 Å². The minimum absolute atomic E-state index is 0.0692. The number of piperidine rings is 1. The molecule has 1 fully saturated rings. The summed E-state index contributed by atoms with van der Waals surface area (Å²) in [6.45, 7) is 10.4. The van der Waals surface area contributed by atoms with Gasteiger partial charge in [-0.2, -0.15) is 9.67 Å². The molecule has 0 aliphatic carbocycles. The lowest BCUT2D eigenvalue weighted by Gasteiger charge is -2.46. The summed E-state index contributed by atoms with van der Waals surface area (Å²) in [5.74, 6) is 1.17. The van der Waals surface area contributed by atoms with E-state index in [1.165, 1.54) is 6.20 Å². The van der Waals surface area contributed by atoms with Crippen molar-refractivity contribution in [3.05, 3.63) is 36.0 Å². The van der Waals surface area contributed by atoms with E-state index in [1.54, 1.807) is 24.8 Å². The fourth-order valence-electron chi connectivity index (χ4n) is 4.64. The summed E-state index contributed by atoms with van der Waals surface area (Å²) in [5.41, 5.74) is 1.21. The Hall–Kier alpha value is -3.34. The maximum Gasteiger partial charge on any atom is 0.229 e. The van der Waals surface area contributed by atoms with E-state index in [-0.39, 0.29) is 28.9 Å². The van der Waals surface area contributed by atoms with Crippen molar-refractivity contribution in [2.24, 2.45) is 0 Å². The second-order valence-corrected chi connectivity index (χ2v) is 9.72. The molecule has 0 unspecified atom stereocenters. The van der Waals surface area contributed by atoms with Gasteiger partial charge in [-0.05, 0) is 64.0 Å². The SMILES string of the molecule is COc1cc(Nc2ncc(F)c(NC3CC(C)(C)NC(C)(C)C3)n2)cc(-n2nnnc2C)c1. The average Bonchev–Trinajstić information content (AvgIpc) is 3.14. The predicted molar refractivity (Wildman–Crippen MR) is 124 cm³/mol. The molecule has 4 rings (SSSR count). The molecule has 1 aromatic carbocycles. The molecule has 0 bridgehead atoms. The van der Waals surface area contributed by atoms with E-state index in [1.807, 2.05) is 12.1 Å². The fraction of sp³-hybridized carbons (Fsp3) is 0.500. The Balaban J connectivity index is 1.58. The van der Waals surface area contributed by atoms with Crippen LogP contribution in [0.2, 0.25) is 0 Å². The number of aromatic nitrogens is 6. The van der Waals surface area contributed by atoms with Gasteiger partial charge >= 0.3 is 0 Å². The van der Waals surface area contributed by atoms with Crippen molar-refractivity contribution in [3.8, 4) is 11.4 Å². The molecule has 1 saturated heterocycles. The standard InChI is InChI=1S/C22H30FN9O/c1-13-28-30-31-32(13)16-7-14(8-17(9-16)33-6)26-20-24-12-18(23)19(27-20)25-15-10-21(2,3)29-22(4,5)11-15/h7-9,12,15,29H,10-11H2,1-6H3,(H2,24,25,26,27). The molecule has 2 aromatic heterocycles. The number of halogens is 1. The molecule has 176 valence electrons. The molecule has 33 heavy (non-hydrogen) atoms. The topological polar surface area (TPSA) is 115 Å². The van der Waals surface area contributed by atoms with Gasteiger partial charge in [0.2, 0.25) is 5.95 Å². The molecule has 0 atom stereocenters. The van der Waals surface area contributed by atoms with E-state index in [0.29, 0.717) is 22.9 Å². The van der Waals surface area contributed by atoms with Crippen LogP contribution in [0.5, 0.6) is 5.75 Å². The molecule has 0 amide bonds. The van der Waals surface area contributed by atoms with Crippen LogP contribution in [-0.2, 0) is 0 Å². The Morgan fingerprint density at radius 1 is 1.15 bits per heavy atom. The Bertz CT molecular complexity index is 1130. The quantitative estimate of drug-likeness (QED) is 0.514. The number of rotatable bonds is 6. The fourth-order valence-corrected chi connectivity index (χ4v) is 4.64. The number of aryl methyl sites for hydroxylation is 1. The maximum absolute atomic E-state index is 14.6. The van der Waals surface area contributed by atoms with Gasteiger partial charge in [-0.1, -0.05) is 0 Å². The average molecular weight is 456 g/mol. The highest BCUT2D eigenvalue weighted by molar-refractivity contribution is 5.62. The minimum Gasteiger partial charge on any atom is -0.497 e. The lowest BCUT2D eigenvalue weighted by atomic mass is 9.79. The monoisotopic (exact) mass is 455 g/mol. The number of hydrogen-bond donors (Lipinski definition) is 3. The van der Waals surface area contributed by atoms with Crippen LogP contribution in [-0.4, -0.2) is 54.4 Å². The predicted octanol–water partition coefficient (Wildman–Crippen LogP) is 3.37. The van der Waals surface area contributed by atoms with E-state index in [0.717, 1.165) is 12.8 Å². The third-order valence-corrected chi connectivity index (χ3v) is 5.53. The second-order valence-electron chi connectivity index (χ2n) is 9.72. The van der Waals surface area contributed by atoms with Crippen LogP contribution in [0.1, 0.15) is 46.4 Å². The molecule has 0 saturated carbocycles. The number of tetrazole rings is 1. The summed E-state index contributed by atoms with van der Waals surface area (Å²) in [5, 5.41) is 21.7. The van der Waals surface area contributed by atoms with E-state index in [2.05, 4.69) is 69.1 Å². The van der Waals surface area contributed by atoms with Crippen molar-refractivity contribution in [2.75, 3.05) is 17.7 Å². The van der Waals surface area contributed by atoms with Crippen molar-refractivity contribution < 1.29 is 9.13 Å². The first kappa shape index (κ1) is 22.8. The molecule has 11 heteroatoms. The minimum atomic E-state index is -0.495. The summed E-state index contributed by atoms with van der Waals surface area (Å²) < 4.78 is 21.6. The van der Waals surface area contributed by atoms with E-state index in [4.69, 9.17) is 4.74 Å². The Morgan fingerprint density at radius 3 is 2.52 bits per heavy atom.